The van der Waals surface area contributed by atoms with Crippen LogP contribution in [0.15, 0.2) is 0 Å². The van der Waals surface area contributed by atoms with Gasteiger partial charge in [0.1, 0.15) is 91.5 Å². The molecule has 2 aliphatic heterocycles. The van der Waals surface area contributed by atoms with Crippen molar-refractivity contribution >= 4 is 29.5 Å². The zero-order valence-electron chi connectivity index (χ0n) is 54.0. The number of nitrogens with zero attached hydrogens (tertiary/aromatic N) is 1. The van der Waals surface area contributed by atoms with Gasteiger partial charge in [-0.3, -0.25) is 28.9 Å². The van der Waals surface area contributed by atoms with Crippen LogP contribution in [0.3, 0.4) is 0 Å². The summed E-state index contributed by atoms with van der Waals surface area (Å²) >= 11 is 0. The third kappa shape index (κ3) is 31.6. The molecule has 2 saturated heterocycles. The van der Waals surface area contributed by atoms with Gasteiger partial charge in [-0.15, -0.1) is 0 Å². The number of amides is 5. The van der Waals surface area contributed by atoms with Gasteiger partial charge in [0, 0.05) is 58.7 Å². The van der Waals surface area contributed by atoms with Crippen molar-refractivity contribution in [3.05, 3.63) is 0 Å². The zero-order valence-corrected chi connectivity index (χ0v) is 54.0. The summed E-state index contributed by atoms with van der Waals surface area (Å²) in [5.74, 6) is -3.94. The number of hydrogen-bond acceptors (Lipinski definition) is 26. The van der Waals surface area contributed by atoms with E-state index in [1.807, 2.05) is 0 Å². The molecular weight excluding hydrogens is 1220 g/mol. The predicted octanol–water partition coefficient (Wildman–Crippen LogP) is -4.84. The summed E-state index contributed by atoms with van der Waals surface area (Å²) in [7, 11) is 0. The topological polar surface area (TPSA) is 509 Å². The first-order chi connectivity index (χ1) is 44.0. The van der Waals surface area contributed by atoms with Gasteiger partial charge in [0.05, 0.1) is 26.4 Å². The van der Waals surface area contributed by atoms with Crippen LogP contribution in [0.1, 0.15) is 168 Å². The Morgan fingerprint density at radius 1 is 0.424 bits per heavy atom. The molecule has 31 nitrogen and oxygen atoms in total. The lowest BCUT2D eigenvalue weighted by Crippen LogP contribution is -2.62. The molecule has 0 aromatic rings. The number of ether oxygens (including phenoxy) is 4. The van der Waals surface area contributed by atoms with Gasteiger partial charge >= 0.3 is 0 Å². The number of nitrogens with one attached hydrogen (secondary N) is 5. The summed E-state index contributed by atoms with van der Waals surface area (Å²) in [6.07, 6.45) is -12.4. The molecule has 2 rings (SSSR count). The monoisotopic (exact) mass is 1330 g/mol. The van der Waals surface area contributed by atoms with Crippen LogP contribution in [0.2, 0.25) is 0 Å². The molecule has 5 amide bonds. The average Bonchev–Trinajstić information content (AvgIpc) is 0.834. The lowest BCUT2D eigenvalue weighted by molar-refractivity contribution is -0.326. The highest BCUT2D eigenvalue weighted by molar-refractivity contribution is 5.88. The van der Waals surface area contributed by atoms with Crippen LogP contribution in [0, 0.1) is 0 Å². The van der Waals surface area contributed by atoms with Crippen LogP contribution in [0.25, 0.3) is 0 Å². The fourth-order valence-electron chi connectivity index (χ4n) is 10.7. The van der Waals surface area contributed by atoms with Crippen LogP contribution in [-0.2, 0) is 42.9 Å². The highest BCUT2D eigenvalue weighted by atomic mass is 16.7. The standard InChI is InChI=1S/C61H116N6O25/c1-3-5-7-9-11-13-15-17-19-21-23-25-43(74)65-33-38(66-44(75)26-24-22-20-18-16-14-12-10-8-6-4-2)57(86)62-27-30-67(31-28-63-58(87)51(82)49(80)55(39(72)34-68)91-60-53(84)47(78)45(76)41(36-70)89-60)32-29-64-59(88)52(83)50(81)56(40(73)35-69)92-61-54(85)48(79)46(77)42(37-71)90-61/h38-42,45-56,60-61,68-73,76-85H,3-37H2,1-2H3,(H,62,86)(H,63,87)(H,64,88)(H,65,74)(H,66,75)/t38?,39-,40-,41-,42-,45+,46+,47+,48+,49-,50-,51-,52-,53-,54-,55-,56-,60+,61+/m1/s1. The summed E-state index contributed by atoms with van der Waals surface area (Å²) in [5, 5.41) is 179. The second-order valence-corrected chi connectivity index (χ2v) is 24.2. The van der Waals surface area contributed by atoms with Crippen molar-refractivity contribution in [1.29, 1.82) is 0 Å². The molecule has 92 heavy (non-hydrogen) atoms. The normalized spacial score (nSPS) is 24.8. The maximum absolute atomic E-state index is 13.9. The van der Waals surface area contributed by atoms with E-state index in [9.17, 15) is 106 Å². The van der Waals surface area contributed by atoms with E-state index >= 15 is 0 Å². The van der Waals surface area contributed by atoms with E-state index in [0.717, 1.165) is 57.8 Å². The molecule has 0 aromatic heterocycles. The molecule has 0 aliphatic carbocycles. The van der Waals surface area contributed by atoms with E-state index in [2.05, 4.69) is 40.4 Å². The largest absolute Gasteiger partial charge is 0.394 e. The van der Waals surface area contributed by atoms with E-state index in [0.29, 0.717) is 12.8 Å². The van der Waals surface area contributed by atoms with Crippen molar-refractivity contribution in [2.24, 2.45) is 0 Å². The quantitative estimate of drug-likeness (QED) is 0.0254. The van der Waals surface area contributed by atoms with Gasteiger partial charge in [-0.25, -0.2) is 0 Å². The predicted molar refractivity (Wildman–Crippen MR) is 330 cm³/mol. The van der Waals surface area contributed by atoms with Crippen LogP contribution in [-0.4, -0.2) is 305 Å². The molecular formula is C61H116N6O25. The van der Waals surface area contributed by atoms with E-state index in [1.54, 1.807) is 0 Å². The van der Waals surface area contributed by atoms with Gasteiger partial charge in [-0.05, 0) is 12.8 Å². The molecule has 21 N–H and O–H groups in total. The van der Waals surface area contributed by atoms with Gasteiger partial charge in [0.2, 0.25) is 17.7 Å². The highest BCUT2D eigenvalue weighted by Crippen LogP contribution is 2.27. The Bertz CT molecular complexity index is 1890. The Hall–Kier alpha value is -3.49. The molecule has 1 unspecified atom stereocenters. The minimum absolute atomic E-state index is 0.0894. The van der Waals surface area contributed by atoms with Crippen molar-refractivity contribution in [3.63, 3.8) is 0 Å². The number of carbonyl (C=O) groups excluding carboxylic acids is 5. The fourth-order valence-corrected chi connectivity index (χ4v) is 10.7. The Morgan fingerprint density at radius 3 is 1.09 bits per heavy atom. The van der Waals surface area contributed by atoms with Crippen molar-refractivity contribution in [3.8, 4) is 0 Å². The van der Waals surface area contributed by atoms with E-state index < -0.39 is 166 Å². The van der Waals surface area contributed by atoms with Gasteiger partial charge in [0.15, 0.2) is 24.8 Å². The average molecular weight is 1330 g/mol. The SMILES string of the molecule is CCCCCCCCCCCCCC(=O)NCC(NC(=O)CCCCCCCCCCCCC)C(=O)NCCN(CCNC(=O)[C@H](O)[C@@H](O)[C@H](O[C@@H]1O[C@H](CO)[C@H](O)[C@H](O)[C@H]1O)[C@H](O)CO)CCNC(=O)[C@H](O)[C@@H](O)[C@H](O[C@@H]1O[C@H](CO)[C@H](O)[C@H](O)[C@H]1O)[C@H](O)CO. The number of rotatable bonds is 53. The Morgan fingerprint density at radius 2 is 0.750 bits per heavy atom. The van der Waals surface area contributed by atoms with Gasteiger partial charge < -0.3 is 127 Å². The maximum atomic E-state index is 13.9. The van der Waals surface area contributed by atoms with E-state index in [4.69, 9.17) is 18.9 Å². The minimum Gasteiger partial charge on any atom is -0.394 e. The minimum atomic E-state index is -2.44. The number of aliphatic hydroxyl groups excluding tert-OH is 16. The van der Waals surface area contributed by atoms with Crippen LogP contribution < -0.4 is 26.6 Å². The summed E-state index contributed by atoms with van der Waals surface area (Å²) in [6.45, 7) is -1.25. The highest BCUT2D eigenvalue weighted by Gasteiger charge is 2.49. The number of aliphatic hydroxyl groups is 16. The second kappa shape index (κ2) is 49.1. The maximum Gasteiger partial charge on any atom is 0.251 e. The van der Waals surface area contributed by atoms with Crippen molar-refractivity contribution in [1.82, 2.24) is 31.5 Å². The number of carbonyl (C=O) groups is 5. The smallest absolute Gasteiger partial charge is 0.251 e. The Kier molecular flexibility index (Phi) is 45.1. The molecule has 0 radical (unpaired) electrons. The molecule has 0 spiro atoms. The van der Waals surface area contributed by atoms with E-state index in [1.165, 1.54) is 75.5 Å². The summed E-state index contributed by atoms with van der Waals surface area (Å²) in [5.41, 5.74) is 0. The third-order valence-electron chi connectivity index (χ3n) is 16.6. The third-order valence-corrected chi connectivity index (χ3v) is 16.6. The van der Waals surface area contributed by atoms with Crippen molar-refractivity contribution in [2.75, 3.05) is 72.2 Å². The lowest BCUT2D eigenvalue weighted by atomic mass is 9.98. The van der Waals surface area contributed by atoms with Crippen molar-refractivity contribution in [2.45, 2.75) is 284 Å². The van der Waals surface area contributed by atoms with Gasteiger partial charge in [0.25, 0.3) is 11.8 Å². The lowest BCUT2D eigenvalue weighted by Gasteiger charge is -2.42. The molecule has 0 bridgehead atoms. The fraction of sp³-hybridized carbons (Fsp3) is 0.918. The molecule has 2 aliphatic rings. The molecule has 0 saturated carbocycles. The Labute approximate surface area is 540 Å². The van der Waals surface area contributed by atoms with Crippen LogP contribution >= 0.6 is 0 Å². The van der Waals surface area contributed by atoms with Crippen LogP contribution in [0.4, 0.5) is 0 Å². The summed E-state index contributed by atoms with van der Waals surface area (Å²) in [6, 6.07) is -1.21. The Balaban J connectivity index is 2.25. The summed E-state index contributed by atoms with van der Waals surface area (Å²) in [4.78, 5) is 68.6. The first-order valence-electron chi connectivity index (χ1n) is 33.4. The number of unbranched alkanes of at least 4 members (excludes halogenated alkanes) is 20. The van der Waals surface area contributed by atoms with Gasteiger partial charge in [-0.1, -0.05) is 142 Å². The molecule has 19 atom stereocenters. The summed E-state index contributed by atoms with van der Waals surface area (Å²) < 4.78 is 21.3. The first-order valence-corrected chi connectivity index (χ1v) is 33.4. The molecule has 0 aromatic carbocycles. The molecule has 540 valence electrons. The molecule has 2 heterocycles. The molecule has 31 heteroatoms. The van der Waals surface area contributed by atoms with Gasteiger partial charge in [-0.2, -0.15) is 0 Å². The van der Waals surface area contributed by atoms with E-state index in [-0.39, 0.29) is 64.6 Å². The zero-order chi connectivity index (χ0) is 68.5. The first kappa shape index (κ1) is 84.6. The molecule has 2 fully saturated rings. The van der Waals surface area contributed by atoms with Crippen LogP contribution in [0.5, 0.6) is 0 Å². The number of hydrogen-bond donors (Lipinski definition) is 21. The second-order valence-electron chi connectivity index (χ2n) is 24.2. The van der Waals surface area contributed by atoms with Crippen molar-refractivity contribution < 1.29 is 125 Å².